The first-order valence-corrected chi connectivity index (χ1v) is 11.4. The average Bonchev–Trinajstić information content (AvgIpc) is 3.34. The van der Waals surface area contributed by atoms with E-state index in [1.165, 1.54) is 5.56 Å². The van der Waals surface area contributed by atoms with E-state index in [1.54, 1.807) is 0 Å². The second kappa shape index (κ2) is 7.03. The number of ketones is 1. The SMILES string of the molecule is O=C1CCCCC/C=C2\[C@H]1[C@@]1(c3ccccc3)O[C@]2(c2ccccc2)c2ccccc21. The monoisotopic (exact) mass is 406 g/mol. The van der Waals surface area contributed by atoms with E-state index in [2.05, 4.69) is 78.9 Å². The first kappa shape index (κ1) is 18.8. The summed E-state index contributed by atoms with van der Waals surface area (Å²) in [5.74, 6) is 0.0208. The Balaban J connectivity index is 1.73. The highest BCUT2D eigenvalue weighted by Gasteiger charge is 2.69. The molecule has 0 spiro atoms. The van der Waals surface area contributed by atoms with Crippen LogP contribution in [0.15, 0.2) is 96.6 Å². The van der Waals surface area contributed by atoms with Gasteiger partial charge in [0.15, 0.2) is 0 Å². The Morgan fingerprint density at radius 1 is 0.710 bits per heavy atom. The molecule has 3 aliphatic rings. The summed E-state index contributed by atoms with van der Waals surface area (Å²) in [5, 5.41) is 0. The Labute approximate surface area is 183 Å². The lowest BCUT2D eigenvalue weighted by Crippen LogP contribution is -2.40. The van der Waals surface area contributed by atoms with E-state index in [1.807, 2.05) is 12.1 Å². The van der Waals surface area contributed by atoms with Crippen LogP contribution in [0, 0.1) is 5.92 Å². The third kappa shape index (κ3) is 2.46. The number of carbonyl (C=O) groups is 1. The number of hydrogen-bond acceptors (Lipinski definition) is 2. The van der Waals surface area contributed by atoms with Crippen molar-refractivity contribution < 1.29 is 9.53 Å². The van der Waals surface area contributed by atoms with Gasteiger partial charge in [0.1, 0.15) is 17.0 Å². The quantitative estimate of drug-likeness (QED) is 0.467. The molecule has 2 aliphatic heterocycles. The largest absolute Gasteiger partial charge is 0.344 e. The van der Waals surface area contributed by atoms with Gasteiger partial charge in [0.2, 0.25) is 0 Å². The zero-order chi connectivity index (χ0) is 20.9. The molecule has 31 heavy (non-hydrogen) atoms. The maximum absolute atomic E-state index is 13.8. The lowest BCUT2D eigenvalue weighted by Gasteiger charge is -2.36. The zero-order valence-corrected chi connectivity index (χ0v) is 17.6. The van der Waals surface area contributed by atoms with E-state index in [4.69, 9.17) is 4.74 Å². The summed E-state index contributed by atoms with van der Waals surface area (Å²) in [5.41, 5.74) is 4.16. The number of carbonyl (C=O) groups excluding carboxylic acids is 1. The molecule has 2 heterocycles. The van der Waals surface area contributed by atoms with E-state index in [0.29, 0.717) is 12.2 Å². The number of rotatable bonds is 2. The number of hydrogen-bond donors (Lipinski definition) is 0. The van der Waals surface area contributed by atoms with Crippen LogP contribution in [-0.4, -0.2) is 5.78 Å². The fraction of sp³-hybridized carbons (Fsp3) is 0.276. The molecule has 6 rings (SSSR count). The van der Waals surface area contributed by atoms with Gasteiger partial charge in [-0.25, -0.2) is 0 Å². The third-order valence-electron chi connectivity index (χ3n) is 7.34. The highest BCUT2D eigenvalue weighted by Crippen LogP contribution is 2.68. The summed E-state index contributed by atoms with van der Waals surface area (Å²) < 4.78 is 7.27. The summed E-state index contributed by atoms with van der Waals surface area (Å²) in [6.07, 6.45) is 7.13. The third-order valence-corrected chi connectivity index (χ3v) is 7.34. The number of fused-ring (bicyclic) bond motifs is 8. The minimum atomic E-state index is -0.777. The summed E-state index contributed by atoms with van der Waals surface area (Å²) in [7, 11) is 0. The molecule has 1 aliphatic carbocycles. The lowest BCUT2D eigenvalue weighted by molar-refractivity contribution is -0.127. The van der Waals surface area contributed by atoms with Crippen LogP contribution in [0.1, 0.15) is 54.4 Å². The zero-order valence-electron chi connectivity index (χ0n) is 17.6. The molecule has 0 N–H and O–H groups in total. The van der Waals surface area contributed by atoms with Gasteiger partial charge in [0.25, 0.3) is 0 Å². The Morgan fingerprint density at radius 2 is 1.35 bits per heavy atom. The number of allylic oxidation sites excluding steroid dienone is 1. The molecule has 1 saturated heterocycles. The van der Waals surface area contributed by atoms with Crippen molar-refractivity contribution >= 4 is 5.78 Å². The van der Waals surface area contributed by atoms with Gasteiger partial charge in [-0.15, -0.1) is 0 Å². The first-order valence-electron chi connectivity index (χ1n) is 11.4. The molecule has 0 saturated carbocycles. The van der Waals surface area contributed by atoms with Crippen molar-refractivity contribution in [3.63, 3.8) is 0 Å². The van der Waals surface area contributed by atoms with Crippen molar-refractivity contribution in [2.75, 3.05) is 0 Å². The summed E-state index contributed by atoms with van der Waals surface area (Å²) in [6, 6.07) is 29.4. The molecule has 1 fully saturated rings. The maximum atomic E-state index is 13.8. The molecular weight excluding hydrogens is 380 g/mol. The van der Waals surface area contributed by atoms with E-state index in [9.17, 15) is 4.79 Å². The first-order chi connectivity index (χ1) is 15.3. The fourth-order valence-electron chi connectivity index (χ4n) is 6.12. The molecule has 2 nitrogen and oxygen atoms in total. The van der Waals surface area contributed by atoms with Gasteiger partial charge in [-0.1, -0.05) is 97.4 Å². The molecule has 0 aromatic heterocycles. The van der Waals surface area contributed by atoms with Crippen LogP contribution in [0.25, 0.3) is 0 Å². The van der Waals surface area contributed by atoms with Crippen LogP contribution >= 0.6 is 0 Å². The summed E-state index contributed by atoms with van der Waals surface area (Å²) >= 11 is 0. The van der Waals surface area contributed by atoms with Gasteiger partial charge in [-0.2, -0.15) is 0 Å². The van der Waals surface area contributed by atoms with Crippen molar-refractivity contribution in [3.05, 3.63) is 119 Å². The van der Waals surface area contributed by atoms with Gasteiger partial charge in [-0.3, -0.25) is 4.79 Å². The number of benzene rings is 3. The highest BCUT2D eigenvalue weighted by molar-refractivity contribution is 5.90. The Kier molecular flexibility index (Phi) is 4.26. The maximum Gasteiger partial charge on any atom is 0.143 e. The van der Waals surface area contributed by atoms with E-state index in [0.717, 1.165) is 47.9 Å². The van der Waals surface area contributed by atoms with Gasteiger partial charge in [-0.05, 0) is 47.1 Å². The van der Waals surface area contributed by atoms with Crippen molar-refractivity contribution in [3.8, 4) is 0 Å². The van der Waals surface area contributed by atoms with Crippen molar-refractivity contribution in [1.29, 1.82) is 0 Å². The average molecular weight is 407 g/mol. The van der Waals surface area contributed by atoms with Crippen LogP contribution < -0.4 is 0 Å². The van der Waals surface area contributed by atoms with Gasteiger partial charge in [0.05, 0.1) is 5.92 Å². The molecule has 0 amide bonds. The van der Waals surface area contributed by atoms with Crippen LogP contribution in [0.2, 0.25) is 0 Å². The Bertz CT molecular complexity index is 1160. The molecule has 3 aromatic carbocycles. The minimum absolute atomic E-state index is 0.289. The molecule has 154 valence electrons. The predicted molar refractivity (Wildman–Crippen MR) is 122 cm³/mol. The van der Waals surface area contributed by atoms with Gasteiger partial charge >= 0.3 is 0 Å². The van der Waals surface area contributed by atoms with Crippen molar-refractivity contribution in [1.82, 2.24) is 0 Å². The fourth-order valence-corrected chi connectivity index (χ4v) is 6.12. The minimum Gasteiger partial charge on any atom is -0.344 e. The predicted octanol–water partition coefficient (Wildman–Crippen LogP) is 6.29. The molecule has 2 heteroatoms. The lowest BCUT2D eigenvalue weighted by atomic mass is 9.61. The van der Waals surface area contributed by atoms with Crippen LogP contribution in [0.5, 0.6) is 0 Å². The normalized spacial score (nSPS) is 31.0. The summed E-state index contributed by atoms with van der Waals surface area (Å²) in [4.78, 5) is 13.8. The van der Waals surface area contributed by atoms with Crippen LogP contribution in [-0.2, 0) is 20.7 Å². The Hall–Kier alpha value is -2.97. The van der Waals surface area contributed by atoms with Gasteiger partial charge < -0.3 is 4.74 Å². The number of ether oxygens (including phenoxy) is 1. The molecular formula is C29H26O2. The summed E-state index contributed by atoms with van der Waals surface area (Å²) in [6.45, 7) is 0. The highest BCUT2D eigenvalue weighted by atomic mass is 16.5. The Morgan fingerprint density at radius 3 is 2.10 bits per heavy atom. The van der Waals surface area contributed by atoms with Crippen molar-refractivity contribution in [2.24, 2.45) is 5.92 Å². The van der Waals surface area contributed by atoms with Crippen LogP contribution in [0.3, 0.4) is 0 Å². The number of Topliss-reactive ketones (excluding diaryl/α,β-unsaturated/α-hetero) is 1. The van der Waals surface area contributed by atoms with E-state index < -0.39 is 11.2 Å². The topological polar surface area (TPSA) is 26.3 Å². The van der Waals surface area contributed by atoms with Crippen LogP contribution in [0.4, 0.5) is 0 Å². The molecule has 2 bridgehead atoms. The second-order valence-corrected chi connectivity index (χ2v) is 8.95. The molecule has 0 unspecified atom stereocenters. The molecule has 3 atom stereocenters. The van der Waals surface area contributed by atoms with Gasteiger partial charge in [0, 0.05) is 6.42 Å². The molecule has 3 aromatic rings. The smallest absolute Gasteiger partial charge is 0.143 e. The van der Waals surface area contributed by atoms with Crippen molar-refractivity contribution in [2.45, 2.75) is 43.3 Å². The van der Waals surface area contributed by atoms with E-state index >= 15 is 0 Å². The standard InChI is InChI=1S/C29H26O2/c30-26-20-10-2-1-9-19-25-27(26)29(22-15-7-4-8-16-22)24-18-12-11-17-23(24)28(25,31-29)21-13-5-3-6-14-21/h3-8,11-19,27H,1-2,9-10,20H2/b25-19+/t27-,28-,29+/m1/s1. The van der Waals surface area contributed by atoms with E-state index in [-0.39, 0.29) is 5.92 Å². The second-order valence-electron chi connectivity index (χ2n) is 8.95. The molecule has 0 radical (unpaired) electrons.